The first-order chi connectivity index (χ1) is 12.2. The van der Waals surface area contributed by atoms with E-state index in [1.54, 1.807) is 36.5 Å². The molecule has 0 aliphatic rings. The van der Waals surface area contributed by atoms with Gasteiger partial charge in [-0.05, 0) is 35.9 Å². The number of fused-ring (bicyclic) bond motifs is 1. The molecule has 2 aromatic carbocycles. The fourth-order valence-corrected chi connectivity index (χ4v) is 2.35. The van der Waals surface area contributed by atoms with Gasteiger partial charge in [0.2, 0.25) is 0 Å². The molecule has 3 N–H and O–H groups in total. The Balaban J connectivity index is 1.77. The largest absolute Gasteiger partial charge is 0.320 e. The topological polar surface area (TPSA) is 91.3 Å². The van der Waals surface area contributed by atoms with E-state index >= 15 is 0 Å². The van der Waals surface area contributed by atoms with E-state index in [9.17, 15) is 9.59 Å². The number of hydrogen-bond donors (Lipinski definition) is 3. The molecule has 6 nitrogen and oxygen atoms in total. The molecule has 3 rings (SSSR count). The van der Waals surface area contributed by atoms with Gasteiger partial charge in [-0.2, -0.15) is 0 Å². The normalized spacial score (nSPS) is 10.8. The predicted molar refractivity (Wildman–Crippen MR) is 95.1 cm³/mol. The quantitative estimate of drug-likeness (QED) is 0.389. The maximum Gasteiger partial charge on any atom is 0.267 e. The number of carbonyl (C=O) groups is 2. The number of hydroxylamine groups is 1. The summed E-state index contributed by atoms with van der Waals surface area (Å²) in [6.07, 6.45) is 4.40. The monoisotopic (exact) mass is 333 g/mol. The van der Waals surface area contributed by atoms with Crippen molar-refractivity contribution in [1.29, 1.82) is 0 Å². The van der Waals surface area contributed by atoms with Crippen LogP contribution in [0.25, 0.3) is 17.0 Å². The molecule has 25 heavy (non-hydrogen) atoms. The van der Waals surface area contributed by atoms with Crippen molar-refractivity contribution in [3.63, 3.8) is 0 Å². The van der Waals surface area contributed by atoms with E-state index in [0.29, 0.717) is 11.3 Å². The lowest BCUT2D eigenvalue weighted by Crippen LogP contribution is -2.14. The Morgan fingerprint density at radius 1 is 1.00 bits per heavy atom. The molecule has 0 fully saturated rings. The van der Waals surface area contributed by atoms with Gasteiger partial charge in [-0.1, -0.05) is 30.3 Å². The van der Waals surface area contributed by atoms with E-state index in [1.807, 2.05) is 24.3 Å². The van der Waals surface area contributed by atoms with E-state index in [2.05, 4.69) is 10.3 Å². The summed E-state index contributed by atoms with van der Waals surface area (Å²) >= 11 is 0. The van der Waals surface area contributed by atoms with Crippen LogP contribution in [0.5, 0.6) is 0 Å². The Morgan fingerprint density at radius 3 is 2.52 bits per heavy atom. The molecule has 0 aliphatic heterocycles. The van der Waals surface area contributed by atoms with Gasteiger partial charge in [0.15, 0.2) is 0 Å². The SMILES string of the molecule is O=C(C=Cc1ccc(C(=O)Nc2cccc3cccnc23)cc1)NO. The number of benzene rings is 2. The Labute approximate surface area is 143 Å². The highest BCUT2D eigenvalue weighted by atomic mass is 16.5. The highest BCUT2D eigenvalue weighted by Gasteiger charge is 2.08. The lowest BCUT2D eigenvalue weighted by atomic mass is 10.1. The third-order valence-corrected chi connectivity index (χ3v) is 3.59. The van der Waals surface area contributed by atoms with Crippen LogP contribution in [0.15, 0.2) is 66.9 Å². The number of anilines is 1. The summed E-state index contributed by atoms with van der Waals surface area (Å²) < 4.78 is 0. The van der Waals surface area contributed by atoms with Crippen molar-refractivity contribution in [1.82, 2.24) is 10.5 Å². The van der Waals surface area contributed by atoms with Gasteiger partial charge in [0.05, 0.1) is 11.2 Å². The Bertz CT molecular complexity index is 944. The molecular formula is C19H15N3O3. The number of nitrogens with one attached hydrogen (secondary N) is 2. The second kappa shape index (κ2) is 7.37. The van der Waals surface area contributed by atoms with Crippen LogP contribution >= 0.6 is 0 Å². The average Bonchev–Trinajstić information content (AvgIpc) is 2.66. The predicted octanol–water partition coefficient (Wildman–Crippen LogP) is 3.01. The first kappa shape index (κ1) is 16.4. The second-order valence-corrected chi connectivity index (χ2v) is 5.27. The van der Waals surface area contributed by atoms with Gasteiger partial charge < -0.3 is 5.32 Å². The number of nitrogens with zero attached hydrogens (tertiary/aromatic N) is 1. The first-order valence-corrected chi connectivity index (χ1v) is 7.55. The van der Waals surface area contributed by atoms with Gasteiger partial charge in [-0.15, -0.1) is 0 Å². The zero-order chi connectivity index (χ0) is 17.6. The van der Waals surface area contributed by atoms with Gasteiger partial charge in [0, 0.05) is 23.2 Å². The second-order valence-electron chi connectivity index (χ2n) is 5.27. The van der Waals surface area contributed by atoms with Crippen molar-refractivity contribution in [3.05, 3.63) is 78.0 Å². The molecule has 0 spiro atoms. The average molecular weight is 333 g/mol. The summed E-state index contributed by atoms with van der Waals surface area (Å²) in [5.41, 5.74) is 4.10. The fraction of sp³-hybridized carbons (Fsp3) is 0. The fourth-order valence-electron chi connectivity index (χ4n) is 2.35. The smallest absolute Gasteiger partial charge is 0.267 e. The summed E-state index contributed by atoms with van der Waals surface area (Å²) in [5.74, 6) is -0.868. The molecule has 0 atom stereocenters. The van der Waals surface area contributed by atoms with E-state index in [-0.39, 0.29) is 5.91 Å². The highest BCUT2D eigenvalue weighted by molar-refractivity contribution is 6.08. The summed E-state index contributed by atoms with van der Waals surface area (Å²) in [5, 5.41) is 12.2. The molecule has 0 saturated heterocycles. The minimum atomic E-state index is -0.620. The summed E-state index contributed by atoms with van der Waals surface area (Å²) in [4.78, 5) is 27.7. The Morgan fingerprint density at radius 2 is 1.76 bits per heavy atom. The van der Waals surface area contributed by atoms with E-state index < -0.39 is 5.91 Å². The van der Waals surface area contributed by atoms with Crippen LogP contribution in [0, 0.1) is 0 Å². The number of carbonyl (C=O) groups excluding carboxylic acids is 2. The lowest BCUT2D eigenvalue weighted by Gasteiger charge is -2.08. The molecule has 0 unspecified atom stereocenters. The molecule has 1 aromatic heterocycles. The molecule has 0 aliphatic carbocycles. The maximum absolute atomic E-state index is 12.4. The van der Waals surface area contributed by atoms with E-state index in [1.165, 1.54) is 17.6 Å². The standard InChI is InChI=1S/C19H15N3O3/c23-17(22-25)11-8-13-6-9-15(10-7-13)19(24)21-16-5-1-3-14-4-2-12-20-18(14)16/h1-12,25H,(H,21,24)(H,22,23). The number of aromatic nitrogens is 1. The van der Waals surface area contributed by atoms with Crippen LogP contribution in [0.1, 0.15) is 15.9 Å². The third kappa shape index (κ3) is 3.88. The summed E-state index contributed by atoms with van der Waals surface area (Å²) in [6.45, 7) is 0. The Kier molecular flexibility index (Phi) is 4.82. The van der Waals surface area contributed by atoms with Crippen molar-refractivity contribution in [2.45, 2.75) is 0 Å². The molecule has 1 heterocycles. The molecule has 6 heteroatoms. The number of para-hydroxylation sites is 1. The van der Waals surface area contributed by atoms with Gasteiger partial charge in [-0.25, -0.2) is 5.48 Å². The van der Waals surface area contributed by atoms with Gasteiger partial charge >= 0.3 is 0 Å². The minimum Gasteiger partial charge on any atom is -0.320 e. The van der Waals surface area contributed by atoms with Crippen molar-refractivity contribution < 1.29 is 14.8 Å². The number of pyridine rings is 1. The van der Waals surface area contributed by atoms with E-state index in [4.69, 9.17) is 5.21 Å². The summed E-state index contributed by atoms with van der Waals surface area (Å²) in [6, 6.07) is 16.1. The highest BCUT2D eigenvalue weighted by Crippen LogP contribution is 2.21. The Hall–Kier alpha value is -3.51. The molecular weight excluding hydrogens is 318 g/mol. The van der Waals surface area contributed by atoms with Crippen molar-refractivity contribution in [2.75, 3.05) is 5.32 Å². The minimum absolute atomic E-state index is 0.248. The van der Waals surface area contributed by atoms with Gasteiger partial charge in [0.25, 0.3) is 11.8 Å². The van der Waals surface area contributed by atoms with Crippen molar-refractivity contribution in [2.24, 2.45) is 0 Å². The van der Waals surface area contributed by atoms with Crippen LogP contribution in [-0.2, 0) is 4.79 Å². The number of hydrogen-bond acceptors (Lipinski definition) is 4. The van der Waals surface area contributed by atoms with Crippen molar-refractivity contribution >= 4 is 34.5 Å². The molecule has 0 bridgehead atoms. The van der Waals surface area contributed by atoms with Crippen molar-refractivity contribution in [3.8, 4) is 0 Å². The van der Waals surface area contributed by atoms with Crippen LogP contribution in [0.4, 0.5) is 5.69 Å². The van der Waals surface area contributed by atoms with Crippen LogP contribution in [-0.4, -0.2) is 22.0 Å². The zero-order valence-corrected chi connectivity index (χ0v) is 13.1. The van der Waals surface area contributed by atoms with Crippen LogP contribution in [0.2, 0.25) is 0 Å². The van der Waals surface area contributed by atoms with E-state index in [0.717, 1.165) is 16.5 Å². The lowest BCUT2D eigenvalue weighted by molar-refractivity contribution is -0.124. The van der Waals surface area contributed by atoms with Gasteiger partial charge in [-0.3, -0.25) is 19.8 Å². The number of amides is 2. The molecule has 2 amide bonds. The third-order valence-electron chi connectivity index (χ3n) is 3.59. The molecule has 124 valence electrons. The van der Waals surface area contributed by atoms with Crippen LogP contribution in [0.3, 0.4) is 0 Å². The molecule has 0 radical (unpaired) electrons. The number of rotatable bonds is 4. The zero-order valence-electron chi connectivity index (χ0n) is 13.1. The van der Waals surface area contributed by atoms with Gasteiger partial charge in [0.1, 0.15) is 0 Å². The maximum atomic E-state index is 12.4. The first-order valence-electron chi connectivity index (χ1n) is 7.55. The summed E-state index contributed by atoms with van der Waals surface area (Å²) in [7, 11) is 0. The molecule has 0 saturated carbocycles. The van der Waals surface area contributed by atoms with Crippen LogP contribution < -0.4 is 10.8 Å². The molecule has 3 aromatic rings.